The highest BCUT2D eigenvalue weighted by molar-refractivity contribution is 7.91. The Kier molecular flexibility index (Phi) is 4.10. The summed E-state index contributed by atoms with van der Waals surface area (Å²) in [7, 11) is -2.97. The summed E-state index contributed by atoms with van der Waals surface area (Å²) >= 11 is 0. The van der Waals surface area contributed by atoms with Crippen LogP contribution in [0.5, 0.6) is 0 Å². The van der Waals surface area contributed by atoms with E-state index in [0.717, 1.165) is 0 Å². The van der Waals surface area contributed by atoms with Gasteiger partial charge in [0.1, 0.15) is 11.7 Å². The fraction of sp³-hybridized carbons (Fsp3) is 0.462. The summed E-state index contributed by atoms with van der Waals surface area (Å²) in [5.74, 6) is -0.365. The number of hydrogen-bond acceptors (Lipinski definition) is 4. The van der Waals surface area contributed by atoms with E-state index in [1.807, 2.05) is 11.8 Å². The first kappa shape index (κ1) is 14.9. The minimum atomic E-state index is -2.97. The van der Waals surface area contributed by atoms with Crippen molar-refractivity contribution < 1.29 is 12.8 Å². The zero-order valence-corrected chi connectivity index (χ0v) is 12.1. The summed E-state index contributed by atoms with van der Waals surface area (Å²) in [6.45, 7) is 2.61. The van der Waals surface area contributed by atoms with Gasteiger partial charge in [0.25, 0.3) is 0 Å². The second-order valence-electron chi connectivity index (χ2n) is 5.15. The van der Waals surface area contributed by atoms with E-state index in [1.165, 1.54) is 6.07 Å². The van der Waals surface area contributed by atoms with Gasteiger partial charge in [0.2, 0.25) is 0 Å². The van der Waals surface area contributed by atoms with Crippen LogP contribution in [0.2, 0.25) is 0 Å². The molecule has 0 amide bonds. The minimum absolute atomic E-state index is 0.111. The van der Waals surface area contributed by atoms with Crippen molar-refractivity contribution in [2.24, 2.45) is 5.73 Å². The van der Waals surface area contributed by atoms with E-state index in [-0.39, 0.29) is 23.4 Å². The highest BCUT2D eigenvalue weighted by Gasteiger charge is 2.28. The maximum Gasteiger partial charge on any atom is 0.153 e. The Morgan fingerprint density at radius 1 is 1.55 bits per heavy atom. The van der Waals surface area contributed by atoms with E-state index in [2.05, 4.69) is 0 Å². The van der Waals surface area contributed by atoms with Crippen molar-refractivity contribution in [2.75, 3.05) is 18.1 Å². The van der Waals surface area contributed by atoms with Gasteiger partial charge in [0, 0.05) is 30.3 Å². The molecule has 0 aromatic heterocycles. The third-order valence-corrected chi connectivity index (χ3v) is 5.34. The molecular weight excluding hydrogens is 281 g/mol. The Hall–Kier alpha value is -1.47. The normalized spacial score (nSPS) is 22.6. The van der Waals surface area contributed by atoms with Gasteiger partial charge >= 0.3 is 0 Å². The van der Waals surface area contributed by atoms with E-state index in [1.54, 1.807) is 12.1 Å². The first-order valence-electron chi connectivity index (χ1n) is 6.36. The lowest BCUT2D eigenvalue weighted by atomic mass is 10.1. The Morgan fingerprint density at radius 3 is 2.80 bits per heavy atom. The summed E-state index contributed by atoms with van der Waals surface area (Å²) in [5.41, 5.74) is 6.14. The number of nitrogens with one attached hydrogen (secondary N) is 1. The van der Waals surface area contributed by atoms with Crippen LogP contribution in [-0.2, 0) is 16.4 Å². The average molecular weight is 299 g/mol. The van der Waals surface area contributed by atoms with Crippen LogP contribution in [0.1, 0.15) is 18.1 Å². The molecular formula is C13H18FN3O2S. The van der Waals surface area contributed by atoms with Crippen molar-refractivity contribution in [1.29, 1.82) is 5.41 Å². The number of nitrogen functional groups attached to an aromatic ring is 1. The van der Waals surface area contributed by atoms with Crippen molar-refractivity contribution >= 4 is 15.7 Å². The van der Waals surface area contributed by atoms with Gasteiger partial charge in [-0.1, -0.05) is 12.1 Å². The predicted molar refractivity (Wildman–Crippen MR) is 75.9 cm³/mol. The van der Waals surface area contributed by atoms with Gasteiger partial charge in [-0.15, -0.1) is 0 Å². The third-order valence-electron chi connectivity index (χ3n) is 3.55. The van der Waals surface area contributed by atoms with Gasteiger partial charge in [-0.05, 0) is 13.0 Å². The van der Waals surface area contributed by atoms with Crippen LogP contribution < -0.4 is 5.73 Å². The topological polar surface area (TPSA) is 87.2 Å². The molecule has 0 aliphatic carbocycles. The molecule has 1 aliphatic rings. The third kappa shape index (κ3) is 3.34. The van der Waals surface area contributed by atoms with Gasteiger partial charge in [-0.2, -0.15) is 0 Å². The molecule has 0 spiro atoms. The van der Waals surface area contributed by atoms with Gasteiger partial charge in [-0.3, -0.25) is 10.3 Å². The molecule has 0 bridgehead atoms. The summed E-state index contributed by atoms with van der Waals surface area (Å²) < 4.78 is 37.0. The molecule has 0 saturated carbocycles. The van der Waals surface area contributed by atoms with Gasteiger partial charge in [0.15, 0.2) is 9.84 Å². The van der Waals surface area contributed by atoms with Crippen molar-refractivity contribution in [3.63, 3.8) is 0 Å². The Morgan fingerprint density at radius 2 is 2.25 bits per heavy atom. The molecule has 0 radical (unpaired) electrons. The minimum Gasteiger partial charge on any atom is -0.384 e. The SMILES string of the molecule is CC1CS(=O)(=O)CCN1Cc1ccc(C(=N)N)cc1F. The number of nitrogens with zero attached hydrogens (tertiary/aromatic N) is 1. The fourth-order valence-electron chi connectivity index (χ4n) is 2.33. The number of halogens is 1. The van der Waals surface area contributed by atoms with Crippen LogP contribution in [0, 0.1) is 11.2 Å². The monoisotopic (exact) mass is 299 g/mol. The molecule has 1 saturated heterocycles. The summed E-state index contributed by atoms with van der Waals surface area (Å²) in [6, 6.07) is 4.32. The molecule has 7 heteroatoms. The number of sulfone groups is 1. The molecule has 1 heterocycles. The zero-order chi connectivity index (χ0) is 14.9. The average Bonchev–Trinajstić information content (AvgIpc) is 2.33. The quantitative estimate of drug-likeness (QED) is 0.636. The molecule has 3 N–H and O–H groups in total. The lowest BCUT2D eigenvalue weighted by molar-refractivity contribution is 0.215. The summed E-state index contributed by atoms with van der Waals surface area (Å²) in [4.78, 5) is 1.95. The van der Waals surface area contributed by atoms with E-state index in [0.29, 0.717) is 24.2 Å². The van der Waals surface area contributed by atoms with Crippen molar-refractivity contribution in [2.45, 2.75) is 19.5 Å². The number of nitrogens with two attached hydrogens (primary N) is 1. The van der Waals surface area contributed by atoms with E-state index >= 15 is 0 Å². The number of amidine groups is 1. The Balaban J connectivity index is 2.13. The molecule has 1 fully saturated rings. The van der Waals surface area contributed by atoms with Crippen molar-refractivity contribution in [1.82, 2.24) is 4.90 Å². The molecule has 2 rings (SSSR count). The number of hydrogen-bond donors (Lipinski definition) is 2. The van der Waals surface area contributed by atoms with Gasteiger partial charge in [-0.25, -0.2) is 12.8 Å². The van der Waals surface area contributed by atoms with E-state index in [4.69, 9.17) is 11.1 Å². The molecule has 1 aromatic rings. The fourth-order valence-corrected chi connectivity index (χ4v) is 3.95. The molecule has 1 unspecified atom stereocenters. The largest absolute Gasteiger partial charge is 0.384 e. The standard InChI is InChI=1S/C13H18FN3O2S/c1-9-8-20(18,19)5-4-17(9)7-11-3-2-10(13(15)16)6-12(11)14/h2-3,6,9H,4-5,7-8H2,1H3,(H3,15,16). The molecule has 20 heavy (non-hydrogen) atoms. The van der Waals surface area contributed by atoms with Gasteiger partial charge in [0.05, 0.1) is 11.5 Å². The summed E-state index contributed by atoms with van der Waals surface area (Å²) in [5, 5.41) is 7.27. The maximum atomic E-state index is 13.9. The van der Waals surface area contributed by atoms with Crippen LogP contribution >= 0.6 is 0 Å². The van der Waals surface area contributed by atoms with Crippen molar-refractivity contribution in [3.05, 3.63) is 35.1 Å². The first-order chi connectivity index (χ1) is 9.28. The molecule has 1 aromatic carbocycles. The number of rotatable bonds is 3. The van der Waals surface area contributed by atoms with Gasteiger partial charge < -0.3 is 5.73 Å². The second-order valence-corrected chi connectivity index (χ2v) is 7.38. The number of benzene rings is 1. The highest BCUT2D eigenvalue weighted by atomic mass is 32.2. The Bertz CT molecular complexity index is 631. The maximum absolute atomic E-state index is 13.9. The smallest absolute Gasteiger partial charge is 0.153 e. The van der Waals surface area contributed by atoms with Crippen LogP contribution in [-0.4, -0.2) is 43.2 Å². The van der Waals surface area contributed by atoms with Crippen LogP contribution in [0.3, 0.4) is 0 Å². The summed E-state index contributed by atoms with van der Waals surface area (Å²) in [6.07, 6.45) is 0. The molecule has 1 aliphatic heterocycles. The van der Waals surface area contributed by atoms with Crippen LogP contribution in [0.25, 0.3) is 0 Å². The first-order valence-corrected chi connectivity index (χ1v) is 8.18. The Labute approximate surface area is 118 Å². The second kappa shape index (κ2) is 5.49. The molecule has 5 nitrogen and oxygen atoms in total. The van der Waals surface area contributed by atoms with E-state index < -0.39 is 15.7 Å². The van der Waals surface area contributed by atoms with Crippen molar-refractivity contribution in [3.8, 4) is 0 Å². The zero-order valence-electron chi connectivity index (χ0n) is 11.3. The highest BCUT2D eigenvalue weighted by Crippen LogP contribution is 2.18. The lowest BCUT2D eigenvalue weighted by Crippen LogP contribution is -2.46. The lowest BCUT2D eigenvalue weighted by Gasteiger charge is -2.33. The van der Waals surface area contributed by atoms with E-state index in [9.17, 15) is 12.8 Å². The predicted octanol–water partition coefficient (Wildman–Crippen LogP) is 0.729. The molecule has 1 atom stereocenters. The molecule has 110 valence electrons. The van der Waals surface area contributed by atoms with Crippen LogP contribution in [0.4, 0.5) is 4.39 Å². The van der Waals surface area contributed by atoms with Crippen LogP contribution in [0.15, 0.2) is 18.2 Å².